The van der Waals surface area contributed by atoms with Gasteiger partial charge in [0.1, 0.15) is 0 Å². The number of sulfone groups is 1. The van der Waals surface area contributed by atoms with Gasteiger partial charge in [0, 0.05) is 14.5 Å². The first-order chi connectivity index (χ1) is 5.61. The number of halogens is 1. The fourth-order valence-corrected chi connectivity index (χ4v) is 3.23. The fourth-order valence-electron chi connectivity index (χ4n) is 1.16. The van der Waals surface area contributed by atoms with Crippen molar-refractivity contribution in [3.05, 3.63) is 32.7 Å². The Morgan fingerprint density at radius 3 is 2.67 bits per heavy atom. The van der Waals surface area contributed by atoms with E-state index in [1.165, 1.54) is 5.41 Å². The molecule has 0 spiro atoms. The zero-order valence-corrected chi connectivity index (χ0v) is 8.96. The highest BCUT2D eigenvalue weighted by atomic mass is 127. The Balaban J connectivity index is 2.86. The third kappa shape index (κ3) is 1.09. The van der Waals surface area contributed by atoms with Gasteiger partial charge in [0.05, 0.1) is 4.90 Å². The number of hydrogen-bond acceptors (Lipinski definition) is 2. The van der Waals surface area contributed by atoms with Crippen LogP contribution in [0.2, 0.25) is 0 Å². The molecular formula is C8H5IO2S. The highest BCUT2D eigenvalue weighted by Gasteiger charge is 2.21. The first-order valence-electron chi connectivity index (χ1n) is 3.33. The van der Waals surface area contributed by atoms with E-state index < -0.39 is 9.84 Å². The first-order valence-corrected chi connectivity index (χ1v) is 5.95. The third-order valence-corrected chi connectivity index (χ3v) is 4.14. The lowest BCUT2D eigenvalue weighted by molar-refractivity contribution is 0.605. The van der Waals surface area contributed by atoms with Gasteiger partial charge in [-0.15, -0.1) is 0 Å². The number of benzene rings is 1. The van der Waals surface area contributed by atoms with Gasteiger partial charge >= 0.3 is 0 Å². The van der Waals surface area contributed by atoms with Gasteiger partial charge in [0.2, 0.25) is 0 Å². The SMILES string of the molecule is O=S1(=O)C=Cc2c(I)cccc21. The van der Waals surface area contributed by atoms with Crippen LogP contribution in [0.4, 0.5) is 0 Å². The van der Waals surface area contributed by atoms with Crippen molar-refractivity contribution in [1.82, 2.24) is 0 Å². The Kier molecular flexibility index (Phi) is 1.76. The molecule has 0 saturated heterocycles. The standard InChI is InChI=1S/C8H5IO2S/c9-7-2-1-3-8-6(7)4-5-12(8,10)11/h1-5H. The van der Waals surface area contributed by atoms with Gasteiger partial charge in [-0.2, -0.15) is 0 Å². The van der Waals surface area contributed by atoms with Crippen molar-refractivity contribution in [2.75, 3.05) is 0 Å². The average molecular weight is 292 g/mol. The van der Waals surface area contributed by atoms with Gasteiger partial charge in [-0.3, -0.25) is 0 Å². The molecule has 0 N–H and O–H groups in total. The van der Waals surface area contributed by atoms with Crippen molar-refractivity contribution in [1.29, 1.82) is 0 Å². The Labute approximate surface area is 84.4 Å². The summed E-state index contributed by atoms with van der Waals surface area (Å²) in [6.45, 7) is 0. The molecule has 0 unspecified atom stereocenters. The summed E-state index contributed by atoms with van der Waals surface area (Å²) in [6.07, 6.45) is 1.65. The molecular weight excluding hydrogens is 287 g/mol. The summed E-state index contributed by atoms with van der Waals surface area (Å²) in [4.78, 5) is 0.425. The van der Waals surface area contributed by atoms with Crippen LogP contribution in [0.3, 0.4) is 0 Å². The number of hydrogen-bond donors (Lipinski definition) is 0. The van der Waals surface area contributed by atoms with E-state index in [1.807, 2.05) is 6.07 Å². The Morgan fingerprint density at radius 1 is 1.25 bits per heavy atom. The van der Waals surface area contributed by atoms with Crippen molar-refractivity contribution in [2.24, 2.45) is 0 Å². The first kappa shape index (κ1) is 8.25. The lowest BCUT2D eigenvalue weighted by Crippen LogP contribution is -1.93. The molecule has 12 heavy (non-hydrogen) atoms. The minimum absolute atomic E-state index is 0.425. The molecule has 0 fully saturated rings. The second kappa shape index (κ2) is 2.56. The molecule has 0 bridgehead atoms. The molecule has 0 radical (unpaired) electrons. The molecule has 0 atom stereocenters. The van der Waals surface area contributed by atoms with Crippen LogP contribution in [0.25, 0.3) is 6.08 Å². The van der Waals surface area contributed by atoms with Crippen LogP contribution in [0, 0.1) is 3.57 Å². The summed E-state index contributed by atoms with van der Waals surface area (Å²) in [6, 6.07) is 5.28. The van der Waals surface area contributed by atoms with Crippen molar-refractivity contribution < 1.29 is 8.42 Å². The van der Waals surface area contributed by atoms with Gasteiger partial charge < -0.3 is 0 Å². The van der Waals surface area contributed by atoms with Crippen LogP contribution in [0.1, 0.15) is 5.56 Å². The van der Waals surface area contributed by atoms with E-state index in [0.717, 1.165) is 9.13 Å². The average Bonchev–Trinajstić information content (AvgIpc) is 2.30. The maximum absolute atomic E-state index is 11.3. The quantitative estimate of drug-likeness (QED) is 0.686. The monoisotopic (exact) mass is 292 g/mol. The molecule has 4 heteroatoms. The van der Waals surface area contributed by atoms with Crippen molar-refractivity contribution in [3.63, 3.8) is 0 Å². The van der Waals surface area contributed by atoms with Crippen LogP contribution in [0.15, 0.2) is 28.5 Å². The lowest BCUT2D eigenvalue weighted by Gasteiger charge is -1.98. The van der Waals surface area contributed by atoms with Gasteiger partial charge in [-0.25, -0.2) is 8.42 Å². The topological polar surface area (TPSA) is 34.1 Å². The highest BCUT2D eigenvalue weighted by molar-refractivity contribution is 14.1. The maximum Gasteiger partial charge on any atom is 0.200 e. The smallest absolute Gasteiger partial charge is 0.200 e. The number of fused-ring (bicyclic) bond motifs is 1. The van der Waals surface area contributed by atoms with E-state index in [4.69, 9.17) is 0 Å². The van der Waals surface area contributed by atoms with Gasteiger partial charge in [-0.05, 0) is 40.8 Å². The molecule has 2 nitrogen and oxygen atoms in total. The second-order valence-electron chi connectivity index (χ2n) is 2.50. The molecule has 0 aromatic heterocycles. The largest absolute Gasteiger partial charge is 0.219 e. The fraction of sp³-hybridized carbons (Fsp3) is 0. The van der Waals surface area contributed by atoms with Gasteiger partial charge in [-0.1, -0.05) is 6.07 Å². The van der Waals surface area contributed by atoms with E-state index in [2.05, 4.69) is 22.6 Å². The van der Waals surface area contributed by atoms with Crippen molar-refractivity contribution in [2.45, 2.75) is 4.90 Å². The molecule has 0 aliphatic carbocycles. The summed E-state index contributed by atoms with van der Waals surface area (Å²) in [5.41, 5.74) is 0.818. The minimum Gasteiger partial charge on any atom is -0.219 e. The van der Waals surface area contributed by atoms with Crippen LogP contribution in [0.5, 0.6) is 0 Å². The lowest BCUT2D eigenvalue weighted by atomic mass is 10.2. The normalized spacial score (nSPS) is 17.8. The summed E-state index contributed by atoms with van der Waals surface area (Å²) >= 11 is 2.13. The van der Waals surface area contributed by atoms with Crippen LogP contribution < -0.4 is 0 Å². The van der Waals surface area contributed by atoms with Crippen molar-refractivity contribution in [3.8, 4) is 0 Å². The van der Waals surface area contributed by atoms with E-state index >= 15 is 0 Å². The minimum atomic E-state index is -3.11. The Hall–Kier alpha value is -0.360. The maximum atomic E-state index is 11.3. The third-order valence-electron chi connectivity index (χ3n) is 1.73. The second-order valence-corrected chi connectivity index (χ2v) is 5.46. The Bertz CT molecular complexity index is 460. The molecule has 2 rings (SSSR count). The predicted molar refractivity (Wildman–Crippen MR) is 55.4 cm³/mol. The summed E-state index contributed by atoms with van der Waals surface area (Å²) < 4.78 is 23.6. The Morgan fingerprint density at radius 2 is 2.00 bits per heavy atom. The molecule has 0 amide bonds. The zero-order chi connectivity index (χ0) is 8.77. The molecule has 1 aromatic rings. The van der Waals surface area contributed by atoms with Crippen LogP contribution in [-0.2, 0) is 9.84 Å². The summed E-state index contributed by atoms with van der Waals surface area (Å²) in [5.74, 6) is 0. The number of rotatable bonds is 0. The van der Waals surface area contributed by atoms with Gasteiger partial charge in [0.15, 0.2) is 9.84 Å². The predicted octanol–water partition coefficient (Wildman–Crippen LogP) is 2.05. The summed E-state index contributed by atoms with van der Waals surface area (Å²) in [5, 5.41) is 1.25. The van der Waals surface area contributed by atoms with E-state index in [0.29, 0.717) is 4.90 Å². The van der Waals surface area contributed by atoms with Gasteiger partial charge in [0.25, 0.3) is 0 Å². The van der Waals surface area contributed by atoms with E-state index in [9.17, 15) is 8.42 Å². The molecule has 1 heterocycles. The van der Waals surface area contributed by atoms with Crippen LogP contribution in [-0.4, -0.2) is 8.42 Å². The van der Waals surface area contributed by atoms with E-state index in [-0.39, 0.29) is 0 Å². The summed E-state index contributed by atoms with van der Waals surface area (Å²) in [7, 11) is -3.11. The molecule has 0 saturated carbocycles. The van der Waals surface area contributed by atoms with Crippen molar-refractivity contribution >= 4 is 38.5 Å². The zero-order valence-electron chi connectivity index (χ0n) is 5.99. The molecule has 62 valence electrons. The molecule has 1 aliphatic rings. The molecule has 1 aromatic carbocycles. The molecule has 1 aliphatic heterocycles. The highest BCUT2D eigenvalue weighted by Crippen LogP contribution is 2.29. The van der Waals surface area contributed by atoms with E-state index in [1.54, 1.807) is 18.2 Å². The van der Waals surface area contributed by atoms with Crippen LogP contribution >= 0.6 is 22.6 Å².